The fraction of sp³-hybridized carbons (Fsp3) is 0.250. The molecule has 0 unspecified atom stereocenters. The first-order chi connectivity index (χ1) is 14.1. The standard InChI is InChI=1S/C20H23N5O5/c1-20(2,3)24-18(28)19(29)25-22-12-15-10-9-14(30-15)11-21-16(26)17(27)23-13-7-5-4-6-8-13/h4-10,12H,11H2,1-3H3,(H,21,26)(H,23,27)(H,24,28)(H,25,29)/b22-12+. The van der Waals surface area contributed by atoms with Gasteiger partial charge in [-0.05, 0) is 45.0 Å². The lowest BCUT2D eigenvalue weighted by Gasteiger charge is -2.19. The number of hydrazone groups is 1. The van der Waals surface area contributed by atoms with Gasteiger partial charge in [0.1, 0.15) is 11.5 Å². The van der Waals surface area contributed by atoms with Crippen LogP contribution in [0.15, 0.2) is 52.0 Å². The predicted octanol–water partition coefficient (Wildman–Crippen LogP) is 0.899. The Morgan fingerprint density at radius 1 is 0.933 bits per heavy atom. The number of anilines is 1. The molecule has 158 valence electrons. The first kappa shape index (κ1) is 22.3. The normalized spacial score (nSPS) is 11.0. The Balaban J connectivity index is 1.78. The molecule has 0 saturated heterocycles. The Morgan fingerprint density at radius 2 is 1.63 bits per heavy atom. The summed E-state index contributed by atoms with van der Waals surface area (Å²) in [6.45, 7) is 5.22. The second kappa shape index (κ2) is 10.0. The van der Waals surface area contributed by atoms with Gasteiger partial charge in [0.15, 0.2) is 0 Å². The molecule has 0 saturated carbocycles. The lowest BCUT2D eigenvalue weighted by atomic mass is 10.1. The quantitative estimate of drug-likeness (QED) is 0.327. The zero-order valence-corrected chi connectivity index (χ0v) is 16.8. The first-order valence-corrected chi connectivity index (χ1v) is 9.02. The maximum atomic E-state index is 11.9. The van der Waals surface area contributed by atoms with Gasteiger partial charge in [0.2, 0.25) is 0 Å². The minimum Gasteiger partial charge on any atom is -0.458 e. The zero-order chi connectivity index (χ0) is 22.1. The molecule has 10 heteroatoms. The van der Waals surface area contributed by atoms with Crippen LogP contribution in [0.25, 0.3) is 0 Å². The van der Waals surface area contributed by atoms with E-state index in [1.807, 2.05) is 0 Å². The molecule has 1 heterocycles. The van der Waals surface area contributed by atoms with Gasteiger partial charge in [-0.15, -0.1) is 0 Å². The van der Waals surface area contributed by atoms with Crippen LogP contribution in [0.1, 0.15) is 32.3 Å². The number of rotatable bonds is 5. The lowest BCUT2D eigenvalue weighted by Crippen LogP contribution is -2.47. The second-order valence-corrected chi connectivity index (χ2v) is 7.21. The number of benzene rings is 1. The molecule has 4 N–H and O–H groups in total. The van der Waals surface area contributed by atoms with E-state index in [1.54, 1.807) is 63.2 Å². The molecule has 0 atom stereocenters. The number of para-hydroxylation sites is 1. The Kier molecular flexibility index (Phi) is 7.45. The van der Waals surface area contributed by atoms with E-state index in [2.05, 4.69) is 26.5 Å². The maximum Gasteiger partial charge on any atom is 0.329 e. The summed E-state index contributed by atoms with van der Waals surface area (Å²) in [5, 5.41) is 11.0. The van der Waals surface area contributed by atoms with E-state index in [0.29, 0.717) is 11.4 Å². The molecule has 0 radical (unpaired) electrons. The molecular formula is C20H23N5O5. The van der Waals surface area contributed by atoms with Crippen LogP contribution in [0.3, 0.4) is 0 Å². The molecule has 0 fully saturated rings. The minimum atomic E-state index is -0.912. The number of nitrogens with zero attached hydrogens (tertiary/aromatic N) is 1. The van der Waals surface area contributed by atoms with Crippen LogP contribution in [-0.4, -0.2) is 35.4 Å². The van der Waals surface area contributed by atoms with Gasteiger partial charge in [0.05, 0.1) is 12.8 Å². The average molecular weight is 413 g/mol. The molecule has 1 aromatic heterocycles. The van der Waals surface area contributed by atoms with Crippen molar-refractivity contribution < 1.29 is 23.6 Å². The van der Waals surface area contributed by atoms with Crippen LogP contribution in [0.4, 0.5) is 5.69 Å². The van der Waals surface area contributed by atoms with Crippen LogP contribution in [0.5, 0.6) is 0 Å². The summed E-state index contributed by atoms with van der Waals surface area (Å²) >= 11 is 0. The van der Waals surface area contributed by atoms with Gasteiger partial charge in [-0.3, -0.25) is 19.2 Å². The van der Waals surface area contributed by atoms with Crippen molar-refractivity contribution in [2.24, 2.45) is 5.10 Å². The highest BCUT2D eigenvalue weighted by Crippen LogP contribution is 2.06. The summed E-state index contributed by atoms with van der Waals surface area (Å²) in [4.78, 5) is 47.0. The van der Waals surface area contributed by atoms with Crippen LogP contribution in [-0.2, 0) is 25.7 Å². The van der Waals surface area contributed by atoms with Crippen molar-refractivity contribution >= 4 is 35.5 Å². The highest BCUT2D eigenvalue weighted by Gasteiger charge is 2.19. The zero-order valence-electron chi connectivity index (χ0n) is 16.8. The minimum absolute atomic E-state index is 0.0186. The molecular weight excluding hydrogens is 390 g/mol. The Bertz CT molecular complexity index is 944. The highest BCUT2D eigenvalue weighted by atomic mass is 16.3. The molecule has 0 aliphatic carbocycles. The van der Waals surface area contributed by atoms with Crippen molar-refractivity contribution in [3.63, 3.8) is 0 Å². The molecule has 10 nitrogen and oxygen atoms in total. The van der Waals surface area contributed by atoms with E-state index in [0.717, 1.165) is 0 Å². The van der Waals surface area contributed by atoms with Crippen LogP contribution in [0, 0.1) is 0 Å². The Labute approximate surface area is 173 Å². The Hall–Kier alpha value is -3.95. The topological polar surface area (TPSA) is 142 Å². The van der Waals surface area contributed by atoms with Crippen molar-refractivity contribution in [3.05, 3.63) is 54.0 Å². The summed E-state index contributed by atoms with van der Waals surface area (Å²) in [5.74, 6) is -2.69. The van der Waals surface area contributed by atoms with Crippen molar-refractivity contribution in [1.29, 1.82) is 0 Å². The SMILES string of the molecule is CC(C)(C)NC(=O)C(=O)N/N=C/c1ccc(CNC(=O)C(=O)Nc2ccccc2)o1. The predicted molar refractivity (Wildman–Crippen MR) is 109 cm³/mol. The summed E-state index contributed by atoms with van der Waals surface area (Å²) in [6.07, 6.45) is 1.20. The first-order valence-electron chi connectivity index (χ1n) is 9.02. The average Bonchev–Trinajstić information content (AvgIpc) is 3.13. The molecule has 4 amide bonds. The fourth-order valence-corrected chi connectivity index (χ4v) is 2.12. The summed E-state index contributed by atoms with van der Waals surface area (Å²) in [5.41, 5.74) is 2.05. The van der Waals surface area contributed by atoms with Crippen molar-refractivity contribution in [3.8, 4) is 0 Å². The fourth-order valence-electron chi connectivity index (χ4n) is 2.12. The largest absolute Gasteiger partial charge is 0.458 e. The van der Waals surface area contributed by atoms with Gasteiger partial charge in [-0.1, -0.05) is 18.2 Å². The van der Waals surface area contributed by atoms with Gasteiger partial charge in [-0.2, -0.15) is 5.10 Å². The number of furan rings is 1. The van der Waals surface area contributed by atoms with Crippen LogP contribution >= 0.6 is 0 Å². The van der Waals surface area contributed by atoms with Crippen molar-refractivity contribution in [2.75, 3.05) is 5.32 Å². The number of amides is 4. The molecule has 2 rings (SSSR count). The van der Waals surface area contributed by atoms with Gasteiger partial charge in [0.25, 0.3) is 0 Å². The molecule has 0 aliphatic heterocycles. The van der Waals surface area contributed by atoms with Gasteiger partial charge in [0, 0.05) is 11.2 Å². The number of hydrogen-bond acceptors (Lipinski definition) is 6. The van der Waals surface area contributed by atoms with Gasteiger partial charge >= 0.3 is 23.6 Å². The maximum absolute atomic E-state index is 11.9. The number of hydrogen-bond donors (Lipinski definition) is 4. The second-order valence-electron chi connectivity index (χ2n) is 7.21. The van der Waals surface area contributed by atoms with Gasteiger partial charge in [-0.25, -0.2) is 5.43 Å². The number of carbonyl (C=O) groups excluding carboxylic acids is 4. The van der Waals surface area contributed by atoms with Gasteiger partial charge < -0.3 is 20.4 Å². The highest BCUT2D eigenvalue weighted by molar-refractivity contribution is 6.39. The van der Waals surface area contributed by atoms with Crippen LogP contribution in [0.2, 0.25) is 0 Å². The third-order valence-corrected chi connectivity index (χ3v) is 3.40. The molecule has 30 heavy (non-hydrogen) atoms. The van der Waals surface area contributed by atoms with E-state index >= 15 is 0 Å². The summed E-state index contributed by atoms with van der Waals surface area (Å²) in [6, 6.07) is 11.7. The number of nitrogens with one attached hydrogen (secondary N) is 4. The number of carbonyl (C=O) groups is 4. The molecule has 0 bridgehead atoms. The van der Waals surface area contributed by atoms with Crippen molar-refractivity contribution in [2.45, 2.75) is 32.9 Å². The summed E-state index contributed by atoms with van der Waals surface area (Å²) in [7, 11) is 0. The third-order valence-electron chi connectivity index (χ3n) is 3.40. The van der Waals surface area contributed by atoms with E-state index < -0.39 is 29.2 Å². The Morgan fingerprint density at radius 3 is 2.30 bits per heavy atom. The van der Waals surface area contributed by atoms with E-state index in [-0.39, 0.29) is 12.3 Å². The lowest BCUT2D eigenvalue weighted by molar-refractivity contribution is -0.140. The third kappa shape index (κ3) is 7.58. The van der Waals surface area contributed by atoms with E-state index in [9.17, 15) is 19.2 Å². The van der Waals surface area contributed by atoms with Crippen molar-refractivity contribution in [1.82, 2.24) is 16.1 Å². The van der Waals surface area contributed by atoms with E-state index in [4.69, 9.17) is 4.42 Å². The summed E-state index contributed by atoms with van der Waals surface area (Å²) < 4.78 is 5.41. The monoisotopic (exact) mass is 413 g/mol. The van der Waals surface area contributed by atoms with E-state index in [1.165, 1.54) is 6.21 Å². The molecule has 0 spiro atoms. The van der Waals surface area contributed by atoms with Crippen LogP contribution < -0.4 is 21.4 Å². The molecule has 1 aromatic carbocycles. The smallest absolute Gasteiger partial charge is 0.329 e. The molecule has 0 aliphatic rings. The molecule has 2 aromatic rings.